The summed E-state index contributed by atoms with van der Waals surface area (Å²) < 4.78 is 0. The summed E-state index contributed by atoms with van der Waals surface area (Å²) in [6.07, 6.45) is 12.0. The minimum absolute atomic E-state index is 1.05. The second kappa shape index (κ2) is 13.5. The van der Waals surface area contributed by atoms with Crippen molar-refractivity contribution in [1.82, 2.24) is 0 Å². The summed E-state index contributed by atoms with van der Waals surface area (Å²) in [4.78, 5) is 0. The molecular formula is C13H22. The van der Waals surface area contributed by atoms with Crippen molar-refractivity contribution < 1.29 is 0 Å². The van der Waals surface area contributed by atoms with E-state index in [1.54, 1.807) is 6.08 Å². The fourth-order valence-electron chi connectivity index (χ4n) is 0.717. The smallest absolute Gasteiger partial charge is 0.0310 e. The lowest BCUT2D eigenvalue weighted by molar-refractivity contribution is 1.04. The average molecular weight is 178 g/mol. The van der Waals surface area contributed by atoms with Crippen LogP contribution in [-0.4, -0.2) is 0 Å². The van der Waals surface area contributed by atoms with Crippen LogP contribution in [0.1, 0.15) is 33.6 Å². The topological polar surface area (TPSA) is 0 Å². The van der Waals surface area contributed by atoms with E-state index in [1.807, 2.05) is 26.0 Å². The number of allylic oxidation sites excluding steroid dienone is 6. The summed E-state index contributed by atoms with van der Waals surface area (Å²) in [5.41, 5.74) is 1.28. The van der Waals surface area contributed by atoms with Gasteiger partial charge in [-0.3, -0.25) is 0 Å². The molecule has 0 heteroatoms. The Morgan fingerprint density at radius 1 is 1.15 bits per heavy atom. The zero-order valence-electron chi connectivity index (χ0n) is 9.22. The Balaban J connectivity index is 0. The van der Waals surface area contributed by atoms with Crippen LogP contribution in [0.15, 0.2) is 49.1 Å². The molecule has 0 aromatic carbocycles. The van der Waals surface area contributed by atoms with Crippen LogP contribution in [0.3, 0.4) is 0 Å². The number of unbranched alkanes of at least 4 members (excludes halogenated alkanes) is 1. The van der Waals surface area contributed by atoms with Crippen LogP contribution in [0.2, 0.25) is 0 Å². The van der Waals surface area contributed by atoms with Gasteiger partial charge in [0.2, 0.25) is 0 Å². The molecule has 0 atom stereocenters. The molecule has 0 radical (unpaired) electrons. The van der Waals surface area contributed by atoms with E-state index in [2.05, 4.69) is 32.2 Å². The van der Waals surface area contributed by atoms with E-state index in [-0.39, 0.29) is 0 Å². The second-order valence-corrected chi connectivity index (χ2v) is 2.41. The van der Waals surface area contributed by atoms with Gasteiger partial charge in [-0.25, -0.2) is 0 Å². The molecule has 0 unspecified atom stereocenters. The molecule has 0 N–H and O–H groups in total. The van der Waals surface area contributed by atoms with E-state index in [9.17, 15) is 0 Å². The molecule has 0 fully saturated rings. The van der Waals surface area contributed by atoms with Crippen molar-refractivity contribution in [3.63, 3.8) is 0 Å². The van der Waals surface area contributed by atoms with Gasteiger partial charge in [0.15, 0.2) is 0 Å². The van der Waals surface area contributed by atoms with Crippen LogP contribution < -0.4 is 0 Å². The Morgan fingerprint density at radius 2 is 1.77 bits per heavy atom. The maximum absolute atomic E-state index is 3.66. The van der Waals surface area contributed by atoms with E-state index >= 15 is 0 Å². The minimum Gasteiger partial charge on any atom is -0.103 e. The Morgan fingerprint density at radius 3 is 2.23 bits per heavy atom. The molecule has 0 aromatic rings. The summed E-state index contributed by atoms with van der Waals surface area (Å²) in [6.45, 7) is 13.3. The first-order chi connectivity index (χ1) is 6.31. The highest BCUT2D eigenvalue weighted by Crippen LogP contribution is 2.00. The van der Waals surface area contributed by atoms with Gasteiger partial charge >= 0.3 is 0 Å². The maximum atomic E-state index is 3.66. The molecule has 74 valence electrons. The molecule has 0 amide bonds. The van der Waals surface area contributed by atoms with Gasteiger partial charge in [0.05, 0.1) is 0 Å². The predicted octanol–water partition coefficient (Wildman–Crippen LogP) is 4.67. The highest BCUT2D eigenvalue weighted by molar-refractivity contribution is 5.19. The van der Waals surface area contributed by atoms with Crippen LogP contribution in [-0.2, 0) is 0 Å². The average Bonchev–Trinajstić information content (AvgIpc) is 2.18. The molecule has 13 heavy (non-hydrogen) atoms. The van der Waals surface area contributed by atoms with E-state index in [0.29, 0.717) is 0 Å². The lowest BCUT2D eigenvalue weighted by Gasteiger charge is -1.89. The van der Waals surface area contributed by atoms with Gasteiger partial charge in [-0.1, -0.05) is 56.4 Å². The number of rotatable bonds is 5. The largest absolute Gasteiger partial charge is 0.103 e. The second-order valence-electron chi connectivity index (χ2n) is 2.41. The van der Waals surface area contributed by atoms with Gasteiger partial charge in [0, 0.05) is 0 Å². The summed E-state index contributed by atoms with van der Waals surface area (Å²) in [7, 11) is 0. The summed E-state index contributed by atoms with van der Waals surface area (Å²) in [6, 6.07) is 0. The van der Waals surface area contributed by atoms with Gasteiger partial charge in [0.25, 0.3) is 0 Å². The Labute approximate surface area is 83.4 Å². The number of hydrogen-bond donors (Lipinski definition) is 0. The van der Waals surface area contributed by atoms with Gasteiger partial charge in [-0.2, -0.15) is 0 Å². The summed E-state index contributed by atoms with van der Waals surface area (Å²) in [5, 5.41) is 0. The summed E-state index contributed by atoms with van der Waals surface area (Å²) in [5.74, 6) is 0. The molecule has 0 aliphatic rings. The molecule has 0 bridgehead atoms. The standard InChI is InChI=1S/C11H16.C2H6/c1-4-6-8-10-11(3)9-7-5-2;1-2/h4-5,7,9-10H,1-2,6,8H2,3H3;1-2H3/b9-7-,11-10-;. The Hall–Kier alpha value is -1.04. The van der Waals surface area contributed by atoms with Crippen LogP contribution in [0.5, 0.6) is 0 Å². The van der Waals surface area contributed by atoms with Crippen molar-refractivity contribution in [2.75, 3.05) is 0 Å². The van der Waals surface area contributed by atoms with Gasteiger partial charge in [-0.05, 0) is 19.8 Å². The van der Waals surface area contributed by atoms with Gasteiger partial charge in [0.1, 0.15) is 0 Å². The van der Waals surface area contributed by atoms with Crippen molar-refractivity contribution >= 4 is 0 Å². The SMILES string of the molecule is C=C/C=C\C(C)=C/CCC=C.CC. The lowest BCUT2D eigenvalue weighted by Crippen LogP contribution is -1.69. The molecule has 0 aromatic heterocycles. The lowest BCUT2D eigenvalue weighted by atomic mass is 10.2. The van der Waals surface area contributed by atoms with Crippen molar-refractivity contribution in [3.05, 3.63) is 49.1 Å². The fraction of sp³-hybridized carbons (Fsp3) is 0.385. The molecule has 0 saturated heterocycles. The normalized spacial score (nSPS) is 10.5. The van der Waals surface area contributed by atoms with E-state index in [4.69, 9.17) is 0 Å². The molecule has 0 heterocycles. The zero-order valence-corrected chi connectivity index (χ0v) is 9.22. The van der Waals surface area contributed by atoms with Crippen LogP contribution >= 0.6 is 0 Å². The molecule has 0 nitrogen and oxygen atoms in total. The quantitative estimate of drug-likeness (QED) is 0.326. The van der Waals surface area contributed by atoms with Crippen molar-refractivity contribution in [2.45, 2.75) is 33.6 Å². The first kappa shape index (κ1) is 14.5. The Kier molecular flexibility index (Phi) is 15.1. The van der Waals surface area contributed by atoms with Crippen LogP contribution in [0, 0.1) is 0 Å². The summed E-state index contributed by atoms with van der Waals surface area (Å²) >= 11 is 0. The first-order valence-electron chi connectivity index (χ1n) is 4.88. The minimum atomic E-state index is 1.05. The molecule has 0 saturated carbocycles. The molecule has 0 spiro atoms. The highest BCUT2D eigenvalue weighted by Gasteiger charge is 1.79. The fourth-order valence-corrected chi connectivity index (χ4v) is 0.717. The van der Waals surface area contributed by atoms with Crippen molar-refractivity contribution in [2.24, 2.45) is 0 Å². The third kappa shape index (κ3) is 13.9. The van der Waals surface area contributed by atoms with E-state index in [1.165, 1.54) is 5.57 Å². The van der Waals surface area contributed by atoms with Crippen LogP contribution in [0.4, 0.5) is 0 Å². The maximum Gasteiger partial charge on any atom is -0.0310 e. The molecule has 0 aliphatic carbocycles. The van der Waals surface area contributed by atoms with E-state index < -0.39 is 0 Å². The molecule has 0 aliphatic heterocycles. The third-order valence-electron chi connectivity index (χ3n) is 1.33. The van der Waals surface area contributed by atoms with Crippen molar-refractivity contribution in [3.8, 4) is 0 Å². The van der Waals surface area contributed by atoms with E-state index in [0.717, 1.165) is 12.8 Å². The molecule has 0 rings (SSSR count). The van der Waals surface area contributed by atoms with Gasteiger partial charge in [-0.15, -0.1) is 6.58 Å². The third-order valence-corrected chi connectivity index (χ3v) is 1.33. The molecular weight excluding hydrogens is 156 g/mol. The first-order valence-corrected chi connectivity index (χ1v) is 4.88. The van der Waals surface area contributed by atoms with Crippen molar-refractivity contribution in [1.29, 1.82) is 0 Å². The number of hydrogen-bond acceptors (Lipinski definition) is 0. The highest BCUT2D eigenvalue weighted by atomic mass is 13.9. The van der Waals surface area contributed by atoms with Crippen LogP contribution in [0.25, 0.3) is 0 Å². The monoisotopic (exact) mass is 178 g/mol. The predicted molar refractivity (Wildman–Crippen MR) is 63.9 cm³/mol. The Bertz CT molecular complexity index is 170. The van der Waals surface area contributed by atoms with Gasteiger partial charge < -0.3 is 0 Å². The zero-order chi connectivity index (χ0) is 10.5.